The highest BCUT2D eigenvalue weighted by molar-refractivity contribution is 6.36. The smallest absolute Gasteiger partial charge is 0.166 e. The summed E-state index contributed by atoms with van der Waals surface area (Å²) in [4.78, 5) is 0. The highest BCUT2D eigenvalue weighted by Crippen LogP contribution is 2.39. The second-order valence-corrected chi connectivity index (χ2v) is 4.46. The van der Waals surface area contributed by atoms with Crippen LogP contribution in [0, 0.1) is 12.7 Å². The van der Waals surface area contributed by atoms with Crippen LogP contribution >= 0.6 is 23.2 Å². The first-order chi connectivity index (χ1) is 6.91. The molecule has 15 heavy (non-hydrogen) atoms. The Balaban J connectivity index is 3.52. The number of anilines is 1. The number of hydrogen-bond acceptors (Lipinski definition) is 1. The van der Waals surface area contributed by atoms with E-state index in [9.17, 15) is 4.39 Å². The minimum absolute atomic E-state index is 0.0532. The monoisotopic (exact) mass is 249 g/mol. The predicted octanol–water partition coefficient (Wildman–Crippen LogP) is 4.54. The van der Waals surface area contributed by atoms with E-state index >= 15 is 0 Å². The zero-order valence-electron chi connectivity index (χ0n) is 9.00. The van der Waals surface area contributed by atoms with Gasteiger partial charge in [0.05, 0.1) is 15.7 Å². The minimum Gasteiger partial charge on any atom is -0.395 e. The third-order valence-electron chi connectivity index (χ3n) is 2.74. The Morgan fingerprint density at radius 1 is 1.33 bits per heavy atom. The van der Waals surface area contributed by atoms with Gasteiger partial charge in [0.1, 0.15) is 0 Å². The Morgan fingerprint density at radius 2 is 1.87 bits per heavy atom. The lowest BCUT2D eigenvalue weighted by atomic mass is 9.93. The molecule has 0 saturated heterocycles. The first kappa shape index (κ1) is 12.6. The molecule has 0 radical (unpaired) electrons. The van der Waals surface area contributed by atoms with Crippen LogP contribution in [-0.4, -0.2) is 0 Å². The van der Waals surface area contributed by atoms with E-state index in [1.54, 1.807) is 6.92 Å². The van der Waals surface area contributed by atoms with Crippen molar-refractivity contribution >= 4 is 28.9 Å². The second-order valence-electron chi connectivity index (χ2n) is 3.70. The molecule has 1 rings (SSSR count). The summed E-state index contributed by atoms with van der Waals surface area (Å²) >= 11 is 11.9. The van der Waals surface area contributed by atoms with Gasteiger partial charge in [-0.15, -0.1) is 0 Å². The van der Waals surface area contributed by atoms with E-state index in [2.05, 4.69) is 0 Å². The zero-order valence-corrected chi connectivity index (χ0v) is 10.5. The average molecular weight is 250 g/mol. The summed E-state index contributed by atoms with van der Waals surface area (Å²) in [5.41, 5.74) is 7.03. The maximum absolute atomic E-state index is 13.5. The van der Waals surface area contributed by atoms with Crippen molar-refractivity contribution in [3.8, 4) is 0 Å². The van der Waals surface area contributed by atoms with Gasteiger partial charge >= 0.3 is 0 Å². The highest BCUT2D eigenvalue weighted by atomic mass is 35.5. The fraction of sp³-hybridized carbons (Fsp3) is 0.455. The maximum Gasteiger partial charge on any atom is 0.166 e. The summed E-state index contributed by atoms with van der Waals surface area (Å²) in [5.74, 6) is -0.399. The average Bonchev–Trinajstić information content (AvgIpc) is 2.23. The van der Waals surface area contributed by atoms with Gasteiger partial charge in [-0.1, -0.05) is 37.0 Å². The third-order valence-corrected chi connectivity index (χ3v) is 3.60. The first-order valence-electron chi connectivity index (χ1n) is 4.84. The molecule has 0 saturated carbocycles. The fourth-order valence-electron chi connectivity index (χ4n) is 1.60. The number of rotatable bonds is 2. The van der Waals surface area contributed by atoms with E-state index < -0.39 is 5.82 Å². The molecule has 0 heterocycles. The maximum atomic E-state index is 13.5. The van der Waals surface area contributed by atoms with E-state index in [4.69, 9.17) is 28.9 Å². The van der Waals surface area contributed by atoms with Gasteiger partial charge in [-0.2, -0.15) is 0 Å². The standard InChI is InChI=1S/C11H14Cl2FN/c1-4-5(2)7-6(3)8(12)10(14)11(15)9(7)13/h5H,4,15H2,1-3H3. The minimum atomic E-state index is -0.619. The quantitative estimate of drug-likeness (QED) is 0.605. The van der Waals surface area contributed by atoms with Gasteiger partial charge in [0.15, 0.2) is 5.82 Å². The van der Waals surface area contributed by atoms with E-state index in [-0.39, 0.29) is 16.6 Å². The topological polar surface area (TPSA) is 26.0 Å². The summed E-state index contributed by atoms with van der Waals surface area (Å²) in [6.45, 7) is 5.81. The van der Waals surface area contributed by atoms with Crippen molar-refractivity contribution in [1.29, 1.82) is 0 Å². The van der Waals surface area contributed by atoms with Crippen LogP contribution in [0.4, 0.5) is 10.1 Å². The van der Waals surface area contributed by atoms with Crippen LogP contribution in [0.5, 0.6) is 0 Å². The number of halogens is 3. The molecule has 2 N–H and O–H groups in total. The Hall–Kier alpha value is -0.470. The van der Waals surface area contributed by atoms with Crippen LogP contribution in [-0.2, 0) is 0 Å². The Kier molecular flexibility index (Phi) is 3.85. The van der Waals surface area contributed by atoms with Crippen LogP contribution in [0.25, 0.3) is 0 Å². The molecule has 0 aliphatic carbocycles. The number of nitrogen functional groups attached to an aromatic ring is 1. The largest absolute Gasteiger partial charge is 0.395 e. The summed E-state index contributed by atoms with van der Waals surface area (Å²) in [6, 6.07) is 0. The molecule has 4 heteroatoms. The second kappa shape index (κ2) is 4.58. The molecule has 0 spiro atoms. The van der Waals surface area contributed by atoms with Gasteiger partial charge in [-0.05, 0) is 30.4 Å². The lowest BCUT2D eigenvalue weighted by Crippen LogP contribution is -2.04. The van der Waals surface area contributed by atoms with Gasteiger partial charge in [0.25, 0.3) is 0 Å². The van der Waals surface area contributed by atoms with Crippen molar-refractivity contribution in [2.45, 2.75) is 33.1 Å². The van der Waals surface area contributed by atoms with Gasteiger partial charge < -0.3 is 5.73 Å². The van der Waals surface area contributed by atoms with E-state index in [0.717, 1.165) is 12.0 Å². The SMILES string of the molecule is CCC(C)c1c(C)c(Cl)c(F)c(N)c1Cl. The van der Waals surface area contributed by atoms with Crippen molar-refractivity contribution in [1.82, 2.24) is 0 Å². The highest BCUT2D eigenvalue weighted by Gasteiger charge is 2.20. The van der Waals surface area contributed by atoms with Crippen LogP contribution in [0.3, 0.4) is 0 Å². The molecule has 1 unspecified atom stereocenters. The normalized spacial score (nSPS) is 12.9. The number of hydrogen-bond donors (Lipinski definition) is 1. The fourth-order valence-corrected chi connectivity index (χ4v) is 2.21. The molecular weight excluding hydrogens is 236 g/mol. The summed E-state index contributed by atoms with van der Waals surface area (Å²) in [6.07, 6.45) is 0.905. The Morgan fingerprint density at radius 3 is 2.33 bits per heavy atom. The molecule has 0 aromatic heterocycles. The molecule has 0 amide bonds. The van der Waals surface area contributed by atoms with E-state index in [1.807, 2.05) is 13.8 Å². The molecule has 1 aromatic rings. The molecule has 0 bridgehead atoms. The first-order valence-corrected chi connectivity index (χ1v) is 5.59. The third kappa shape index (κ3) is 2.06. The molecule has 0 aliphatic rings. The van der Waals surface area contributed by atoms with Crippen LogP contribution in [0.15, 0.2) is 0 Å². The molecule has 1 aromatic carbocycles. The van der Waals surface area contributed by atoms with Crippen molar-refractivity contribution in [2.24, 2.45) is 0 Å². The predicted molar refractivity (Wildman–Crippen MR) is 64.3 cm³/mol. The summed E-state index contributed by atoms with van der Waals surface area (Å²) < 4.78 is 13.5. The zero-order chi connectivity index (χ0) is 11.7. The Labute approximate surface area is 99.4 Å². The van der Waals surface area contributed by atoms with Crippen molar-refractivity contribution in [2.75, 3.05) is 5.73 Å². The van der Waals surface area contributed by atoms with Gasteiger partial charge in [0, 0.05) is 0 Å². The van der Waals surface area contributed by atoms with Gasteiger partial charge in [0.2, 0.25) is 0 Å². The van der Waals surface area contributed by atoms with Crippen molar-refractivity contribution in [3.63, 3.8) is 0 Å². The molecule has 1 atom stereocenters. The lowest BCUT2D eigenvalue weighted by Gasteiger charge is -2.18. The molecule has 84 valence electrons. The van der Waals surface area contributed by atoms with Gasteiger partial charge in [-0.3, -0.25) is 0 Å². The van der Waals surface area contributed by atoms with Crippen molar-refractivity contribution < 1.29 is 4.39 Å². The molecule has 0 aliphatic heterocycles. The Bertz CT molecular complexity index is 362. The van der Waals surface area contributed by atoms with Crippen LogP contribution < -0.4 is 5.73 Å². The van der Waals surface area contributed by atoms with Gasteiger partial charge in [-0.25, -0.2) is 4.39 Å². The molecular formula is C11H14Cl2FN. The summed E-state index contributed by atoms with van der Waals surface area (Å²) in [7, 11) is 0. The number of nitrogens with two attached hydrogens (primary N) is 1. The van der Waals surface area contributed by atoms with Crippen LogP contribution in [0.2, 0.25) is 10.0 Å². The van der Waals surface area contributed by atoms with Crippen molar-refractivity contribution in [3.05, 3.63) is 27.0 Å². The van der Waals surface area contributed by atoms with E-state index in [1.165, 1.54) is 0 Å². The number of benzene rings is 1. The van der Waals surface area contributed by atoms with E-state index in [0.29, 0.717) is 10.6 Å². The summed E-state index contributed by atoms with van der Waals surface area (Å²) in [5, 5.41) is 0.371. The molecule has 0 fully saturated rings. The van der Waals surface area contributed by atoms with Crippen LogP contribution in [0.1, 0.15) is 37.3 Å². The lowest BCUT2D eigenvalue weighted by molar-refractivity contribution is 0.628. The molecule has 1 nitrogen and oxygen atoms in total.